The van der Waals surface area contributed by atoms with Gasteiger partial charge in [0.25, 0.3) is 0 Å². The summed E-state index contributed by atoms with van der Waals surface area (Å²) in [6, 6.07) is 1.94. The van der Waals surface area contributed by atoms with Gasteiger partial charge in [-0.3, -0.25) is 0 Å². The summed E-state index contributed by atoms with van der Waals surface area (Å²) in [6.07, 6.45) is 1.47. The number of rotatable bonds is 1. The number of anilines is 1. The molecule has 0 aliphatic heterocycles. The highest BCUT2D eigenvalue weighted by molar-refractivity contribution is 6.32. The van der Waals surface area contributed by atoms with Crippen molar-refractivity contribution in [3.8, 4) is 5.82 Å². The van der Waals surface area contributed by atoms with Crippen LogP contribution in [0.3, 0.4) is 0 Å². The van der Waals surface area contributed by atoms with E-state index in [2.05, 4.69) is 15.1 Å². The number of nitrogens with zero attached hydrogens (tertiary/aromatic N) is 4. The average molecular weight is 224 g/mol. The van der Waals surface area contributed by atoms with E-state index in [9.17, 15) is 0 Å². The molecule has 2 heterocycles. The Bertz CT molecular complexity index is 505. The Hall–Kier alpha value is -1.62. The average Bonchev–Trinajstić information content (AvgIpc) is 2.50. The third-order valence-corrected chi connectivity index (χ3v) is 2.22. The van der Waals surface area contributed by atoms with E-state index in [0.717, 1.165) is 11.4 Å². The molecule has 78 valence electrons. The van der Waals surface area contributed by atoms with Crippen LogP contribution in [0.2, 0.25) is 5.02 Å². The standard InChI is InChI=1S/C9H10ClN5/c1-5-3-6(2)15(14-5)8-7(10)4-12-9(11)13-8/h3-4H,1-2H3,(H2,11,12,13). The zero-order valence-electron chi connectivity index (χ0n) is 8.40. The van der Waals surface area contributed by atoms with E-state index in [1.165, 1.54) is 6.20 Å². The second kappa shape index (κ2) is 3.51. The summed E-state index contributed by atoms with van der Waals surface area (Å²) in [6.45, 7) is 3.83. The van der Waals surface area contributed by atoms with Gasteiger partial charge in [0.15, 0.2) is 5.82 Å². The van der Waals surface area contributed by atoms with Crippen LogP contribution < -0.4 is 5.73 Å². The third-order valence-electron chi connectivity index (χ3n) is 1.95. The SMILES string of the molecule is Cc1cc(C)n(-c2nc(N)ncc2Cl)n1. The number of nitrogen functional groups attached to an aromatic ring is 1. The maximum Gasteiger partial charge on any atom is 0.222 e. The molecule has 0 amide bonds. The molecular weight excluding hydrogens is 214 g/mol. The van der Waals surface area contributed by atoms with Gasteiger partial charge in [-0.15, -0.1) is 0 Å². The predicted molar refractivity (Wildman–Crippen MR) is 58.1 cm³/mol. The zero-order chi connectivity index (χ0) is 11.0. The van der Waals surface area contributed by atoms with Crippen molar-refractivity contribution < 1.29 is 0 Å². The summed E-state index contributed by atoms with van der Waals surface area (Å²) < 4.78 is 1.65. The Labute approximate surface area is 91.9 Å². The van der Waals surface area contributed by atoms with Crippen molar-refractivity contribution in [1.82, 2.24) is 19.7 Å². The number of nitrogens with two attached hydrogens (primary N) is 1. The Morgan fingerprint density at radius 1 is 1.40 bits per heavy atom. The summed E-state index contributed by atoms with van der Waals surface area (Å²) in [5, 5.41) is 4.70. The van der Waals surface area contributed by atoms with Crippen molar-refractivity contribution in [1.29, 1.82) is 0 Å². The molecule has 15 heavy (non-hydrogen) atoms. The topological polar surface area (TPSA) is 69.6 Å². The van der Waals surface area contributed by atoms with Gasteiger partial charge in [0, 0.05) is 5.69 Å². The molecule has 0 saturated heterocycles. The van der Waals surface area contributed by atoms with E-state index in [1.54, 1.807) is 4.68 Å². The minimum Gasteiger partial charge on any atom is -0.368 e. The molecule has 2 aromatic rings. The molecule has 0 aliphatic rings. The maximum absolute atomic E-state index is 5.97. The monoisotopic (exact) mass is 223 g/mol. The van der Waals surface area contributed by atoms with Crippen molar-refractivity contribution >= 4 is 17.5 Å². The van der Waals surface area contributed by atoms with E-state index in [-0.39, 0.29) is 5.95 Å². The van der Waals surface area contributed by atoms with Crippen LogP contribution in [0.4, 0.5) is 5.95 Å². The smallest absolute Gasteiger partial charge is 0.222 e. The Kier molecular flexibility index (Phi) is 2.32. The van der Waals surface area contributed by atoms with Crippen LogP contribution in [-0.4, -0.2) is 19.7 Å². The van der Waals surface area contributed by atoms with Gasteiger partial charge in [0.2, 0.25) is 5.95 Å². The fourth-order valence-corrected chi connectivity index (χ4v) is 1.53. The normalized spacial score (nSPS) is 10.6. The van der Waals surface area contributed by atoms with Gasteiger partial charge in [0.1, 0.15) is 5.02 Å². The van der Waals surface area contributed by atoms with Crippen LogP contribution in [0.15, 0.2) is 12.3 Å². The number of halogens is 1. The molecule has 5 nitrogen and oxygen atoms in total. The lowest BCUT2D eigenvalue weighted by molar-refractivity contribution is 0.803. The van der Waals surface area contributed by atoms with Crippen molar-refractivity contribution in [2.75, 3.05) is 5.73 Å². The van der Waals surface area contributed by atoms with Gasteiger partial charge in [-0.25, -0.2) is 9.67 Å². The molecule has 0 fully saturated rings. The summed E-state index contributed by atoms with van der Waals surface area (Å²) in [5.41, 5.74) is 7.35. The highest BCUT2D eigenvalue weighted by Crippen LogP contribution is 2.19. The van der Waals surface area contributed by atoms with E-state index in [0.29, 0.717) is 10.8 Å². The van der Waals surface area contributed by atoms with Crippen LogP contribution >= 0.6 is 11.6 Å². The van der Waals surface area contributed by atoms with Crippen LogP contribution in [0.1, 0.15) is 11.4 Å². The molecule has 0 spiro atoms. The molecule has 0 radical (unpaired) electrons. The lowest BCUT2D eigenvalue weighted by atomic mass is 10.4. The van der Waals surface area contributed by atoms with Crippen molar-refractivity contribution in [3.05, 3.63) is 28.7 Å². The minimum absolute atomic E-state index is 0.182. The second-order valence-corrected chi connectivity index (χ2v) is 3.65. The summed E-state index contributed by atoms with van der Waals surface area (Å²) in [4.78, 5) is 7.85. The number of aryl methyl sites for hydroxylation is 2. The van der Waals surface area contributed by atoms with Crippen molar-refractivity contribution in [3.63, 3.8) is 0 Å². The van der Waals surface area contributed by atoms with Gasteiger partial charge >= 0.3 is 0 Å². The largest absolute Gasteiger partial charge is 0.368 e. The molecule has 0 saturated carbocycles. The van der Waals surface area contributed by atoms with Crippen molar-refractivity contribution in [2.24, 2.45) is 0 Å². The first-order chi connectivity index (χ1) is 7.08. The molecule has 2 rings (SSSR count). The molecule has 2 aromatic heterocycles. The highest BCUT2D eigenvalue weighted by atomic mass is 35.5. The van der Waals surface area contributed by atoms with Gasteiger partial charge in [-0.2, -0.15) is 10.1 Å². The first kappa shape index (κ1) is 9.92. The van der Waals surface area contributed by atoms with E-state index in [1.807, 2.05) is 19.9 Å². The molecule has 6 heteroatoms. The van der Waals surface area contributed by atoms with E-state index < -0.39 is 0 Å². The molecular formula is C9H10ClN5. The fraction of sp³-hybridized carbons (Fsp3) is 0.222. The fourth-order valence-electron chi connectivity index (χ4n) is 1.36. The molecule has 2 N–H and O–H groups in total. The Balaban J connectivity index is 2.62. The van der Waals surface area contributed by atoms with E-state index in [4.69, 9.17) is 17.3 Å². The van der Waals surface area contributed by atoms with Gasteiger partial charge < -0.3 is 5.73 Å². The minimum atomic E-state index is 0.182. The van der Waals surface area contributed by atoms with E-state index >= 15 is 0 Å². The first-order valence-corrected chi connectivity index (χ1v) is 4.77. The van der Waals surface area contributed by atoms with Crippen molar-refractivity contribution in [2.45, 2.75) is 13.8 Å². The summed E-state index contributed by atoms with van der Waals surface area (Å²) in [7, 11) is 0. The summed E-state index contributed by atoms with van der Waals surface area (Å²) >= 11 is 5.97. The van der Waals surface area contributed by atoms with Gasteiger partial charge in [0.05, 0.1) is 11.9 Å². The van der Waals surface area contributed by atoms with Crippen LogP contribution in [0.25, 0.3) is 5.82 Å². The first-order valence-electron chi connectivity index (χ1n) is 4.39. The number of aromatic nitrogens is 4. The van der Waals surface area contributed by atoms with Crippen LogP contribution in [0.5, 0.6) is 0 Å². The Morgan fingerprint density at radius 3 is 2.73 bits per heavy atom. The predicted octanol–water partition coefficient (Wildman–Crippen LogP) is 1.51. The molecule has 0 aliphatic carbocycles. The molecule has 0 bridgehead atoms. The van der Waals surface area contributed by atoms with Crippen LogP contribution in [0, 0.1) is 13.8 Å². The van der Waals surface area contributed by atoms with Gasteiger partial charge in [-0.05, 0) is 19.9 Å². The van der Waals surface area contributed by atoms with Gasteiger partial charge in [-0.1, -0.05) is 11.6 Å². The lowest BCUT2D eigenvalue weighted by Gasteiger charge is -2.05. The maximum atomic E-state index is 5.97. The highest BCUT2D eigenvalue weighted by Gasteiger charge is 2.10. The molecule has 0 aromatic carbocycles. The molecule has 0 atom stereocenters. The summed E-state index contributed by atoms with van der Waals surface area (Å²) in [5.74, 6) is 0.691. The number of hydrogen-bond acceptors (Lipinski definition) is 4. The lowest BCUT2D eigenvalue weighted by Crippen LogP contribution is -2.06. The second-order valence-electron chi connectivity index (χ2n) is 3.24. The zero-order valence-corrected chi connectivity index (χ0v) is 9.15. The number of hydrogen-bond donors (Lipinski definition) is 1. The Morgan fingerprint density at radius 2 is 2.13 bits per heavy atom. The quantitative estimate of drug-likeness (QED) is 0.796. The molecule has 0 unspecified atom stereocenters. The third kappa shape index (κ3) is 1.78. The van der Waals surface area contributed by atoms with Crippen LogP contribution in [-0.2, 0) is 0 Å².